The van der Waals surface area contributed by atoms with Gasteiger partial charge in [0.25, 0.3) is 11.6 Å². The minimum Gasteiger partial charge on any atom is -0.338 e. The molecule has 10 nitrogen and oxygen atoms in total. The molecule has 4 amide bonds. The predicted octanol–water partition coefficient (Wildman–Crippen LogP) is 1.10. The first-order chi connectivity index (χ1) is 11.4. The van der Waals surface area contributed by atoms with Crippen LogP contribution in [-0.2, 0) is 4.79 Å². The number of rotatable bonds is 8. The molecule has 0 aliphatic carbocycles. The minimum atomic E-state index is -0.740. The van der Waals surface area contributed by atoms with Crippen molar-refractivity contribution in [1.82, 2.24) is 16.1 Å². The fourth-order valence-electron chi connectivity index (χ4n) is 1.83. The second kappa shape index (κ2) is 9.90. The smallest absolute Gasteiger partial charge is 0.321 e. The van der Waals surface area contributed by atoms with Crippen LogP contribution in [0.4, 0.5) is 10.5 Å². The third-order valence-corrected chi connectivity index (χ3v) is 3.04. The maximum atomic E-state index is 11.8. The van der Waals surface area contributed by atoms with E-state index in [0.717, 1.165) is 6.07 Å². The van der Waals surface area contributed by atoms with Gasteiger partial charge in [-0.2, -0.15) is 0 Å². The molecule has 1 aromatic rings. The molecule has 0 spiro atoms. The first kappa shape index (κ1) is 19.0. The molecular weight excluding hydrogens is 320 g/mol. The van der Waals surface area contributed by atoms with Crippen molar-refractivity contribution in [1.29, 1.82) is 0 Å². The Morgan fingerprint density at radius 3 is 2.58 bits per heavy atom. The quantitative estimate of drug-likeness (QED) is 0.241. The van der Waals surface area contributed by atoms with Crippen LogP contribution in [0.25, 0.3) is 0 Å². The second-order valence-electron chi connectivity index (χ2n) is 4.86. The zero-order valence-corrected chi connectivity index (χ0v) is 12.8. The Bertz CT molecular complexity index is 619. The fraction of sp³-hybridized carbons (Fsp3) is 0.357. The van der Waals surface area contributed by atoms with Crippen LogP contribution in [0.2, 0.25) is 0 Å². The van der Waals surface area contributed by atoms with Gasteiger partial charge in [-0.25, -0.2) is 10.3 Å². The highest BCUT2D eigenvalue weighted by Gasteiger charge is 2.13. The van der Waals surface area contributed by atoms with Crippen molar-refractivity contribution in [3.8, 4) is 0 Å². The molecule has 24 heavy (non-hydrogen) atoms. The highest BCUT2D eigenvalue weighted by Crippen LogP contribution is 2.12. The average Bonchev–Trinajstić information content (AvgIpc) is 2.57. The Morgan fingerprint density at radius 2 is 1.92 bits per heavy atom. The number of unbranched alkanes of at least 4 members (excludes halogenated alkanes) is 2. The number of carbonyl (C=O) groups is 3. The fourth-order valence-corrected chi connectivity index (χ4v) is 1.83. The molecule has 130 valence electrons. The standard InChI is InChI=1S/C14H18N4O6/c19-12(17-22)7-2-1-3-8-15-14(21)16-13(20)10-5-4-6-11(9-10)18(23)24/h4-6,9,22H,1-3,7-8H2,(H,17,19)(H2,15,16,20,21). The molecule has 10 heteroatoms. The first-order valence-corrected chi connectivity index (χ1v) is 7.20. The topological polar surface area (TPSA) is 151 Å². The summed E-state index contributed by atoms with van der Waals surface area (Å²) in [4.78, 5) is 44.1. The molecule has 4 N–H and O–H groups in total. The lowest BCUT2D eigenvalue weighted by Crippen LogP contribution is -2.39. The van der Waals surface area contributed by atoms with Crippen molar-refractivity contribution in [3.63, 3.8) is 0 Å². The van der Waals surface area contributed by atoms with Gasteiger partial charge in [0.15, 0.2) is 0 Å². The average molecular weight is 338 g/mol. The number of hydrogen-bond donors (Lipinski definition) is 4. The molecule has 0 heterocycles. The van der Waals surface area contributed by atoms with Crippen molar-refractivity contribution in [2.45, 2.75) is 25.7 Å². The Kier molecular flexibility index (Phi) is 7.85. The van der Waals surface area contributed by atoms with E-state index >= 15 is 0 Å². The van der Waals surface area contributed by atoms with Gasteiger partial charge in [0.2, 0.25) is 5.91 Å². The normalized spacial score (nSPS) is 9.88. The summed E-state index contributed by atoms with van der Waals surface area (Å²) >= 11 is 0. The Hall–Kier alpha value is -3.01. The molecule has 0 fully saturated rings. The highest BCUT2D eigenvalue weighted by atomic mass is 16.6. The lowest BCUT2D eigenvalue weighted by molar-refractivity contribution is -0.384. The van der Waals surface area contributed by atoms with Crippen molar-refractivity contribution >= 4 is 23.5 Å². The largest absolute Gasteiger partial charge is 0.338 e. The van der Waals surface area contributed by atoms with Gasteiger partial charge in [-0.1, -0.05) is 12.5 Å². The van der Waals surface area contributed by atoms with Crippen LogP contribution >= 0.6 is 0 Å². The Labute approximate surface area is 137 Å². The number of imide groups is 1. The van der Waals surface area contributed by atoms with Gasteiger partial charge in [0.1, 0.15) is 0 Å². The van der Waals surface area contributed by atoms with E-state index in [9.17, 15) is 24.5 Å². The van der Waals surface area contributed by atoms with Crippen molar-refractivity contribution in [3.05, 3.63) is 39.9 Å². The third kappa shape index (κ3) is 6.83. The van der Waals surface area contributed by atoms with Crippen molar-refractivity contribution in [2.24, 2.45) is 0 Å². The summed E-state index contributed by atoms with van der Waals surface area (Å²) in [5, 5.41) is 23.5. The van der Waals surface area contributed by atoms with E-state index in [0.29, 0.717) is 25.8 Å². The molecule has 0 saturated carbocycles. The molecular formula is C14H18N4O6. The summed E-state index contributed by atoms with van der Waals surface area (Å²) in [6.07, 6.45) is 2.00. The van der Waals surface area contributed by atoms with Crippen molar-refractivity contribution in [2.75, 3.05) is 6.54 Å². The maximum absolute atomic E-state index is 11.8. The number of carbonyl (C=O) groups excluding carboxylic acids is 3. The van der Waals surface area contributed by atoms with Gasteiger partial charge in [-0.05, 0) is 18.9 Å². The first-order valence-electron chi connectivity index (χ1n) is 7.20. The molecule has 1 rings (SSSR count). The number of nitrogens with one attached hydrogen (secondary N) is 3. The lowest BCUT2D eigenvalue weighted by Gasteiger charge is -2.06. The number of benzene rings is 1. The molecule has 0 radical (unpaired) electrons. The second-order valence-corrected chi connectivity index (χ2v) is 4.86. The number of non-ortho nitro benzene ring substituents is 1. The number of hydroxylamine groups is 1. The maximum Gasteiger partial charge on any atom is 0.321 e. The van der Waals surface area contributed by atoms with E-state index in [2.05, 4.69) is 10.6 Å². The van der Waals surface area contributed by atoms with Gasteiger partial charge >= 0.3 is 6.03 Å². The Balaban J connectivity index is 2.30. The van der Waals surface area contributed by atoms with Crippen LogP contribution < -0.4 is 16.1 Å². The van der Waals surface area contributed by atoms with Crippen LogP contribution in [0.1, 0.15) is 36.0 Å². The van der Waals surface area contributed by atoms with Gasteiger partial charge in [-0.15, -0.1) is 0 Å². The van der Waals surface area contributed by atoms with E-state index in [1.807, 2.05) is 0 Å². The summed E-state index contributed by atoms with van der Waals surface area (Å²) in [6, 6.07) is 4.33. The van der Waals surface area contributed by atoms with Crippen LogP contribution in [0.3, 0.4) is 0 Å². The summed E-state index contributed by atoms with van der Waals surface area (Å²) in [5.41, 5.74) is 1.29. The van der Waals surface area contributed by atoms with Gasteiger partial charge in [0, 0.05) is 30.7 Å². The van der Waals surface area contributed by atoms with Gasteiger partial charge in [0.05, 0.1) is 4.92 Å². The predicted molar refractivity (Wildman–Crippen MR) is 82.4 cm³/mol. The van der Waals surface area contributed by atoms with E-state index in [-0.39, 0.29) is 17.7 Å². The van der Waals surface area contributed by atoms with Gasteiger partial charge in [-0.3, -0.25) is 30.2 Å². The lowest BCUT2D eigenvalue weighted by atomic mass is 10.2. The molecule has 0 aliphatic rings. The molecule has 0 aliphatic heterocycles. The van der Waals surface area contributed by atoms with Gasteiger partial charge < -0.3 is 5.32 Å². The minimum absolute atomic E-state index is 0.00867. The van der Waals surface area contributed by atoms with E-state index in [1.165, 1.54) is 23.7 Å². The number of nitro groups is 1. The molecule has 0 saturated heterocycles. The molecule has 0 aromatic heterocycles. The van der Waals surface area contributed by atoms with Crippen LogP contribution in [0.5, 0.6) is 0 Å². The summed E-state index contributed by atoms with van der Waals surface area (Å²) in [5.74, 6) is -1.21. The summed E-state index contributed by atoms with van der Waals surface area (Å²) in [6.45, 7) is 0.300. The van der Waals surface area contributed by atoms with Crippen LogP contribution in [0, 0.1) is 10.1 Å². The molecule has 0 bridgehead atoms. The Morgan fingerprint density at radius 1 is 1.17 bits per heavy atom. The summed E-state index contributed by atoms with van der Waals surface area (Å²) in [7, 11) is 0. The number of hydrogen-bond acceptors (Lipinski definition) is 6. The van der Waals surface area contributed by atoms with E-state index in [4.69, 9.17) is 5.21 Å². The molecule has 1 aromatic carbocycles. The van der Waals surface area contributed by atoms with Crippen LogP contribution in [-0.4, -0.2) is 34.5 Å². The van der Waals surface area contributed by atoms with Crippen LogP contribution in [0.15, 0.2) is 24.3 Å². The SMILES string of the molecule is O=C(CCCCCNC(=O)NC(=O)c1cccc([N+](=O)[O-])c1)NO. The zero-order chi connectivity index (χ0) is 17.9. The van der Waals surface area contributed by atoms with E-state index < -0.39 is 22.8 Å². The highest BCUT2D eigenvalue weighted by molar-refractivity contribution is 6.04. The zero-order valence-electron chi connectivity index (χ0n) is 12.8. The van der Waals surface area contributed by atoms with E-state index in [1.54, 1.807) is 0 Å². The number of nitro benzene ring substituents is 1. The monoisotopic (exact) mass is 338 g/mol. The van der Waals surface area contributed by atoms with Crippen molar-refractivity contribution < 1.29 is 24.5 Å². The summed E-state index contributed by atoms with van der Waals surface area (Å²) < 4.78 is 0. The third-order valence-electron chi connectivity index (χ3n) is 3.04. The molecule has 0 unspecified atom stereocenters. The molecule has 0 atom stereocenters. The number of amides is 4. The number of nitrogens with zero attached hydrogens (tertiary/aromatic N) is 1. The number of urea groups is 1.